The van der Waals surface area contributed by atoms with Crippen molar-refractivity contribution in [3.8, 4) is 0 Å². The first-order valence-corrected chi connectivity index (χ1v) is 7.29. The minimum Gasteiger partial charge on any atom is -0.311 e. The van der Waals surface area contributed by atoms with Crippen molar-refractivity contribution in [2.75, 3.05) is 12.8 Å². The van der Waals surface area contributed by atoms with E-state index in [-0.39, 0.29) is 4.75 Å². The zero-order valence-corrected chi connectivity index (χ0v) is 12.2. The van der Waals surface area contributed by atoms with Gasteiger partial charge < -0.3 is 5.32 Å². The molecule has 98 valence electrons. The summed E-state index contributed by atoms with van der Waals surface area (Å²) >= 11 is 1.87. The molecule has 0 aliphatic carbocycles. The van der Waals surface area contributed by atoms with Crippen LogP contribution in [-0.2, 0) is 6.54 Å². The van der Waals surface area contributed by atoms with E-state index >= 15 is 0 Å². The molecule has 0 saturated heterocycles. The maximum atomic E-state index is 4.39. The predicted octanol–water partition coefficient (Wildman–Crippen LogP) is 2.27. The quantitative estimate of drug-likeness (QED) is 0.899. The second-order valence-corrected chi connectivity index (χ2v) is 6.63. The van der Waals surface area contributed by atoms with Gasteiger partial charge in [-0.15, -0.1) is 0 Å². The van der Waals surface area contributed by atoms with Gasteiger partial charge >= 0.3 is 0 Å². The third-order valence-corrected chi connectivity index (χ3v) is 4.17. The Morgan fingerprint density at radius 2 is 2.22 bits per heavy atom. The Morgan fingerprint density at radius 3 is 2.94 bits per heavy atom. The fraction of sp³-hybridized carbons (Fsp3) is 0.538. The van der Waals surface area contributed by atoms with Crippen molar-refractivity contribution in [3.63, 3.8) is 0 Å². The van der Waals surface area contributed by atoms with Gasteiger partial charge in [0, 0.05) is 41.9 Å². The summed E-state index contributed by atoms with van der Waals surface area (Å²) in [6.45, 7) is 8.26. The van der Waals surface area contributed by atoms with Crippen molar-refractivity contribution >= 4 is 17.4 Å². The second kappa shape index (κ2) is 5.28. The van der Waals surface area contributed by atoms with Crippen molar-refractivity contribution in [1.82, 2.24) is 19.9 Å². The molecule has 0 amide bonds. The molecular weight excluding hydrogens is 244 g/mol. The summed E-state index contributed by atoms with van der Waals surface area (Å²) in [4.78, 5) is 4.39. The fourth-order valence-corrected chi connectivity index (χ4v) is 1.95. The summed E-state index contributed by atoms with van der Waals surface area (Å²) in [6.07, 6.45) is 6.09. The van der Waals surface area contributed by atoms with Crippen LogP contribution in [0.3, 0.4) is 0 Å². The summed E-state index contributed by atoms with van der Waals surface area (Å²) in [5.74, 6) is 0. The molecule has 0 saturated carbocycles. The first kappa shape index (κ1) is 13.4. The third-order valence-electron chi connectivity index (χ3n) is 2.92. The average molecular weight is 264 g/mol. The Balaban J connectivity index is 1.99. The molecule has 2 rings (SSSR count). The Labute approximate surface area is 112 Å². The Morgan fingerprint density at radius 1 is 1.44 bits per heavy atom. The molecule has 2 aromatic rings. The molecule has 5 heteroatoms. The Kier molecular flexibility index (Phi) is 3.92. The number of aryl methyl sites for hydroxylation is 1. The molecule has 0 atom stereocenters. The van der Waals surface area contributed by atoms with Gasteiger partial charge in [0.15, 0.2) is 5.65 Å². The minimum absolute atomic E-state index is 0.264. The molecular formula is C13H20N4S. The zero-order valence-electron chi connectivity index (χ0n) is 11.4. The number of hydrogen-bond acceptors (Lipinski definition) is 4. The van der Waals surface area contributed by atoms with E-state index in [1.165, 1.54) is 0 Å². The normalized spacial score (nSPS) is 12.2. The lowest BCUT2D eigenvalue weighted by Gasteiger charge is -2.22. The number of nitrogens with zero attached hydrogens (tertiary/aromatic N) is 3. The monoisotopic (exact) mass is 264 g/mol. The Bertz CT molecular complexity index is 533. The van der Waals surface area contributed by atoms with Gasteiger partial charge in [-0.1, -0.05) is 0 Å². The van der Waals surface area contributed by atoms with Crippen LogP contribution in [0.2, 0.25) is 0 Å². The van der Waals surface area contributed by atoms with E-state index in [0.717, 1.165) is 30.0 Å². The van der Waals surface area contributed by atoms with Crippen LogP contribution in [0.4, 0.5) is 0 Å². The lowest BCUT2D eigenvalue weighted by molar-refractivity contribution is 0.588. The van der Waals surface area contributed by atoms with E-state index in [9.17, 15) is 0 Å². The van der Waals surface area contributed by atoms with Gasteiger partial charge in [-0.2, -0.15) is 16.9 Å². The molecule has 0 radical (unpaired) electrons. The van der Waals surface area contributed by atoms with E-state index < -0.39 is 0 Å². The van der Waals surface area contributed by atoms with Crippen molar-refractivity contribution < 1.29 is 0 Å². The molecule has 0 bridgehead atoms. The van der Waals surface area contributed by atoms with Crippen LogP contribution < -0.4 is 5.32 Å². The van der Waals surface area contributed by atoms with Gasteiger partial charge in [0.25, 0.3) is 0 Å². The molecule has 2 heterocycles. The molecule has 4 nitrogen and oxygen atoms in total. The highest BCUT2D eigenvalue weighted by atomic mass is 32.2. The number of thioether (sulfide) groups is 1. The van der Waals surface area contributed by atoms with Crippen LogP contribution in [-0.4, -0.2) is 32.1 Å². The highest BCUT2D eigenvalue weighted by Crippen LogP contribution is 2.19. The van der Waals surface area contributed by atoms with E-state index in [2.05, 4.69) is 35.5 Å². The minimum atomic E-state index is 0.264. The first-order chi connectivity index (χ1) is 8.50. The summed E-state index contributed by atoms with van der Waals surface area (Å²) in [7, 11) is 0. The highest BCUT2D eigenvalue weighted by molar-refractivity contribution is 7.99. The molecule has 1 N–H and O–H groups in total. The summed E-state index contributed by atoms with van der Waals surface area (Å²) in [5, 5.41) is 7.83. The molecule has 0 aromatic carbocycles. The van der Waals surface area contributed by atoms with E-state index in [1.54, 1.807) is 0 Å². The molecule has 18 heavy (non-hydrogen) atoms. The Hall–Kier alpha value is -1.07. The number of hydrogen-bond donors (Lipinski definition) is 1. The van der Waals surface area contributed by atoms with E-state index in [1.807, 2.05) is 41.7 Å². The third kappa shape index (κ3) is 3.23. The van der Waals surface area contributed by atoms with Crippen LogP contribution in [0.15, 0.2) is 18.5 Å². The molecule has 0 unspecified atom stereocenters. The highest BCUT2D eigenvalue weighted by Gasteiger charge is 2.14. The fourth-order valence-electron chi connectivity index (χ4n) is 1.71. The average Bonchev–Trinajstić information content (AvgIpc) is 2.68. The van der Waals surface area contributed by atoms with Crippen LogP contribution in [0, 0.1) is 6.92 Å². The standard InChI is InChI=1S/C13H20N4S/c1-10-5-12-15-7-11(8-17(12)16-10)6-14-9-13(2,3)18-4/h5,7-8,14H,6,9H2,1-4H3. The van der Waals surface area contributed by atoms with E-state index in [0.29, 0.717) is 0 Å². The van der Waals surface area contributed by atoms with Crippen molar-refractivity contribution in [3.05, 3.63) is 29.7 Å². The maximum absolute atomic E-state index is 4.39. The molecule has 0 aliphatic heterocycles. The lowest BCUT2D eigenvalue weighted by atomic mass is 10.2. The topological polar surface area (TPSA) is 42.2 Å². The molecule has 0 fully saturated rings. The maximum Gasteiger partial charge on any atom is 0.155 e. The van der Waals surface area contributed by atoms with Gasteiger partial charge in [-0.3, -0.25) is 0 Å². The number of aromatic nitrogens is 3. The number of rotatable bonds is 5. The van der Waals surface area contributed by atoms with Crippen molar-refractivity contribution in [2.45, 2.75) is 32.1 Å². The molecule has 0 aliphatic rings. The van der Waals surface area contributed by atoms with Crippen LogP contribution in [0.25, 0.3) is 5.65 Å². The van der Waals surface area contributed by atoms with Crippen LogP contribution in [0.5, 0.6) is 0 Å². The lowest BCUT2D eigenvalue weighted by Crippen LogP contribution is -2.31. The van der Waals surface area contributed by atoms with Gasteiger partial charge in [0.2, 0.25) is 0 Å². The molecule has 0 spiro atoms. The second-order valence-electron chi connectivity index (χ2n) is 5.12. The van der Waals surface area contributed by atoms with Crippen molar-refractivity contribution in [2.24, 2.45) is 0 Å². The molecule has 2 aromatic heterocycles. The van der Waals surface area contributed by atoms with Gasteiger partial charge in [-0.25, -0.2) is 9.50 Å². The van der Waals surface area contributed by atoms with Crippen LogP contribution in [0.1, 0.15) is 25.1 Å². The van der Waals surface area contributed by atoms with Gasteiger partial charge in [0.1, 0.15) is 0 Å². The predicted molar refractivity (Wildman–Crippen MR) is 77.0 cm³/mol. The van der Waals surface area contributed by atoms with Gasteiger partial charge in [-0.05, 0) is 27.0 Å². The summed E-state index contributed by atoms with van der Waals surface area (Å²) < 4.78 is 2.10. The smallest absolute Gasteiger partial charge is 0.155 e. The largest absolute Gasteiger partial charge is 0.311 e. The van der Waals surface area contributed by atoms with Gasteiger partial charge in [0.05, 0.1) is 5.69 Å². The van der Waals surface area contributed by atoms with Crippen molar-refractivity contribution in [1.29, 1.82) is 0 Å². The number of nitrogens with one attached hydrogen (secondary N) is 1. The van der Waals surface area contributed by atoms with E-state index in [4.69, 9.17) is 0 Å². The van der Waals surface area contributed by atoms with Crippen LogP contribution >= 0.6 is 11.8 Å². The summed E-state index contributed by atoms with van der Waals surface area (Å²) in [5.41, 5.74) is 3.05. The SMILES string of the molecule is CSC(C)(C)CNCc1cnc2cc(C)nn2c1. The summed E-state index contributed by atoms with van der Waals surface area (Å²) in [6, 6.07) is 1.98. The number of fused-ring (bicyclic) bond motifs is 1. The first-order valence-electron chi connectivity index (χ1n) is 6.07. The zero-order chi connectivity index (χ0) is 13.2.